The smallest absolute Gasteiger partial charge is 0.298 e. The molecule has 1 unspecified atom stereocenters. The Morgan fingerprint density at radius 3 is 2.84 bits per heavy atom. The number of pyridine rings is 2. The molecule has 13 nitrogen and oxygen atoms in total. The molecule has 1 saturated heterocycles. The fourth-order valence-electron chi connectivity index (χ4n) is 5.90. The van der Waals surface area contributed by atoms with Crippen molar-refractivity contribution in [1.29, 1.82) is 0 Å². The third kappa shape index (κ3) is 7.30. The number of alkyl halides is 1. The number of ether oxygens (including phenoxy) is 1. The molecule has 0 aromatic carbocycles. The SMILES string of the molecule is C[Si](C)(C)CCOCn1ccc2c(-c3cnn(C(CF)[C@H]4CCN(c5nc6cnccc6o5)C4)c3)ncnc21.S=c1[nH]c2cccnc2o1. The lowest BCUT2D eigenvalue weighted by Gasteiger charge is -2.21. The lowest BCUT2D eigenvalue weighted by molar-refractivity contribution is 0.0899. The second-order valence-corrected chi connectivity index (χ2v) is 19.2. The lowest BCUT2D eigenvalue weighted by atomic mass is 10.0. The summed E-state index contributed by atoms with van der Waals surface area (Å²) >= 11 is 4.75. The fourth-order valence-corrected chi connectivity index (χ4v) is 6.85. The monoisotopic (exact) mass is 700 g/mol. The van der Waals surface area contributed by atoms with Crippen LogP contribution in [0, 0.1) is 10.8 Å². The highest BCUT2D eigenvalue weighted by atomic mass is 32.1. The summed E-state index contributed by atoms with van der Waals surface area (Å²) in [6, 6.07) is 8.76. The Hall–Kier alpha value is -4.80. The molecule has 254 valence electrons. The second kappa shape index (κ2) is 14.0. The number of hydrogen-bond acceptors (Lipinski definition) is 11. The number of aromatic nitrogens is 9. The molecular weight excluding hydrogens is 664 g/mol. The van der Waals surface area contributed by atoms with Crippen molar-refractivity contribution < 1.29 is 18.0 Å². The second-order valence-electron chi connectivity index (χ2n) is 13.2. The number of anilines is 1. The van der Waals surface area contributed by atoms with Crippen LogP contribution >= 0.6 is 12.2 Å². The van der Waals surface area contributed by atoms with Crippen molar-refractivity contribution in [1.82, 2.24) is 44.3 Å². The Labute approximate surface area is 287 Å². The van der Waals surface area contributed by atoms with Crippen LogP contribution in [0.25, 0.3) is 44.6 Å². The Kier molecular flexibility index (Phi) is 9.33. The molecule has 16 heteroatoms. The van der Waals surface area contributed by atoms with Crippen molar-refractivity contribution in [2.24, 2.45) is 5.92 Å². The van der Waals surface area contributed by atoms with E-state index in [0.717, 1.165) is 58.9 Å². The summed E-state index contributed by atoms with van der Waals surface area (Å²) in [5.41, 5.74) is 5.24. The van der Waals surface area contributed by atoms with Crippen LogP contribution in [0.3, 0.4) is 0 Å². The molecule has 7 aromatic heterocycles. The molecule has 0 aliphatic carbocycles. The summed E-state index contributed by atoms with van der Waals surface area (Å²) in [5, 5.41) is 5.48. The molecular formula is C33H37FN10O3SSi. The standard InChI is InChI=1S/C27H33FN8O2Si.C6H4N2OS/c1-39(2,3)11-10-37-18-35-9-6-21-25(30-17-31-26(21)35)20-13-32-36(16-20)23(12-28)19-5-8-34(15-19)27-33-22-14-29-7-4-24(22)38-27;10-6-8-4-2-1-3-7-5(4)9-6/h4,6-7,9,13-14,16-17,19,23H,5,8,10-12,15,18H2,1-3H3;1-3H,(H,8,10)/t19-,23?;/m0./s1. The maximum atomic E-state index is 14.4. The summed E-state index contributed by atoms with van der Waals surface area (Å²) in [5.74, 6) is 0.0655. The van der Waals surface area contributed by atoms with Crippen LogP contribution in [0.1, 0.15) is 12.5 Å². The number of rotatable bonds is 10. The molecule has 8 rings (SSSR count). The molecule has 1 fully saturated rings. The summed E-state index contributed by atoms with van der Waals surface area (Å²) in [4.78, 5) is 26.9. The predicted molar refractivity (Wildman–Crippen MR) is 189 cm³/mol. The van der Waals surface area contributed by atoms with E-state index in [0.29, 0.717) is 35.4 Å². The number of nitrogens with one attached hydrogen (secondary N) is 1. The van der Waals surface area contributed by atoms with Crippen LogP contribution in [0.4, 0.5) is 10.4 Å². The highest BCUT2D eigenvalue weighted by molar-refractivity contribution is 7.71. The van der Waals surface area contributed by atoms with Gasteiger partial charge in [0.25, 0.3) is 10.9 Å². The number of aromatic amines is 1. The molecule has 49 heavy (non-hydrogen) atoms. The summed E-state index contributed by atoms with van der Waals surface area (Å²) in [7, 11) is -1.14. The Balaban J connectivity index is 0.000000322. The largest absolute Gasteiger partial charge is 0.423 e. The number of oxazole rings is 2. The molecule has 1 N–H and O–H groups in total. The zero-order chi connectivity index (χ0) is 34.0. The Morgan fingerprint density at radius 1 is 1.12 bits per heavy atom. The normalized spacial score (nSPS) is 15.7. The van der Waals surface area contributed by atoms with Gasteiger partial charge in [-0.2, -0.15) is 10.1 Å². The molecule has 0 spiro atoms. The lowest BCUT2D eigenvalue weighted by Crippen LogP contribution is -2.26. The molecule has 1 aliphatic rings. The first kappa shape index (κ1) is 32.7. The molecule has 0 radical (unpaired) electrons. The van der Waals surface area contributed by atoms with E-state index >= 15 is 0 Å². The summed E-state index contributed by atoms with van der Waals surface area (Å²) in [6.07, 6.45) is 13.0. The fraction of sp³-hybridized carbons (Fsp3) is 0.364. The Bertz CT molecular complexity index is 2170. The van der Waals surface area contributed by atoms with E-state index in [9.17, 15) is 4.39 Å². The summed E-state index contributed by atoms with van der Waals surface area (Å²) in [6.45, 7) is 9.09. The van der Waals surface area contributed by atoms with E-state index in [1.165, 1.54) is 0 Å². The number of halogens is 1. The minimum Gasteiger partial charge on any atom is -0.423 e. The highest BCUT2D eigenvalue weighted by Gasteiger charge is 2.33. The van der Waals surface area contributed by atoms with E-state index in [1.807, 2.05) is 35.2 Å². The van der Waals surface area contributed by atoms with Crippen molar-refractivity contribution in [2.75, 3.05) is 31.3 Å². The maximum Gasteiger partial charge on any atom is 0.298 e. The third-order valence-electron chi connectivity index (χ3n) is 8.57. The average Bonchev–Trinajstić information content (AvgIpc) is 3.93. The average molecular weight is 701 g/mol. The molecule has 8 heterocycles. The van der Waals surface area contributed by atoms with Gasteiger partial charge in [0.15, 0.2) is 5.58 Å². The number of nitrogens with zero attached hydrogens (tertiary/aromatic N) is 9. The molecule has 0 bridgehead atoms. The van der Waals surface area contributed by atoms with Gasteiger partial charge in [-0.25, -0.2) is 19.3 Å². The van der Waals surface area contributed by atoms with Gasteiger partial charge in [-0.05, 0) is 42.9 Å². The number of hydrogen-bond donors (Lipinski definition) is 1. The van der Waals surface area contributed by atoms with Gasteiger partial charge in [0, 0.05) is 75.5 Å². The number of H-pyrrole nitrogens is 1. The Morgan fingerprint density at radius 2 is 2.02 bits per heavy atom. The summed E-state index contributed by atoms with van der Waals surface area (Å²) < 4.78 is 35.0. The molecule has 0 saturated carbocycles. The predicted octanol–water partition coefficient (Wildman–Crippen LogP) is 7.07. The van der Waals surface area contributed by atoms with Crippen molar-refractivity contribution in [3.05, 3.63) is 72.6 Å². The molecule has 7 aromatic rings. The van der Waals surface area contributed by atoms with Gasteiger partial charge in [-0.15, -0.1) is 0 Å². The van der Waals surface area contributed by atoms with Gasteiger partial charge in [-0.3, -0.25) is 9.67 Å². The van der Waals surface area contributed by atoms with E-state index in [-0.39, 0.29) is 5.92 Å². The molecule has 0 amide bonds. The van der Waals surface area contributed by atoms with Gasteiger partial charge >= 0.3 is 0 Å². The maximum absolute atomic E-state index is 14.4. The van der Waals surface area contributed by atoms with Gasteiger partial charge in [-0.1, -0.05) is 19.6 Å². The molecule has 1 aliphatic heterocycles. The van der Waals surface area contributed by atoms with Crippen LogP contribution in [0.15, 0.2) is 76.6 Å². The van der Waals surface area contributed by atoms with Crippen molar-refractivity contribution in [3.8, 4) is 11.3 Å². The van der Waals surface area contributed by atoms with Crippen molar-refractivity contribution in [2.45, 2.75) is 44.9 Å². The van der Waals surface area contributed by atoms with Gasteiger partial charge in [0.2, 0.25) is 5.71 Å². The third-order valence-corrected chi connectivity index (χ3v) is 10.5. The quantitative estimate of drug-likeness (QED) is 0.0890. The van der Waals surface area contributed by atoms with E-state index in [4.69, 9.17) is 25.8 Å². The first-order valence-corrected chi connectivity index (χ1v) is 20.2. The minimum absolute atomic E-state index is 0.0655. The number of fused-ring (bicyclic) bond motifs is 3. The topological polar surface area (TPSA) is 142 Å². The first-order chi connectivity index (χ1) is 23.8. The van der Waals surface area contributed by atoms with E-state index < -0.39 is 20.8 Å². The van der Waals surface area contributed by atoms with Crippen LogP contribution < -0.4 is 4.90 Å². The van der Waals surface area contributed by atoms with Gasteiger partial charge < -0.3 is 28.0 Å². The van der Waals surface area contributed by atoms with Crippen LogP contribution in [-0.2, 0) is 11.5 Å². The van der Waals surface area contributed by atoms with Crippen molar-refractivity contribution >= 4 is 59.7 Å². The first-order valence-electron chi connectivity index (χ1n) is 16.1. The molecule has 2 atom stereocenters. The van der Waals surface area contributed by atoms with Crippen molar-refractivity contribution in [3.63, 3.8) is 0 Å². The van der Waals surface area contributed by atoms with Crippen LogP contribution in [0.2, 0.25) is 25.7 Å². The van der Waals surface area contributed by atoms with E-state index in [2.05, 4.69) is 59.5 Å². The van der Waals surface area contributed by atoms with Gasteiger partial charge in [0.05, 0.1) is 24.1 Å². The van der Waals surface area contributed by atoms with Gasteiger partial charge in [0.1, 0.15) is 36.4 Å². The zero-order valence-corrected chi connectivity index (χ0v) is 29.3. The van der Waals surface area contributed by atoms with E-state index in [1.54, 1.807) is 41.9 Å². The zero-order valence-electron chi connectivity index (χ0n) is 27.5. The van der Waals surface area contributed by atoms with Crippen LogP contribution in [0.5, 0.6) is 0 Å². The van der Waals surface area contributed by atoms with Crippen LogP contribution in [-0.4, -0.2) is 78.7 Å². The highest BCUT2D eigenvalue weighted by Crippen LogP contribution is 2.34. The minimum atomic E-state index is -1.14.